The van der Waals surface area contributed by atoms with Crippen molar-refractivity contribution in [1.29, 1.82) is 0 Å². The van der Waals surface area contributed by atoms with Crippen LogP contribution in [0.2, 0.25) is 0 Å². The van der Waals surface area contributed by atoms with Crippen LogP contribution in [0, 0.1) is 10.1 Å². The van der Waals surface area contributed by atoms with E-state index >= 15 is 0 Å². The zero-order valence-corrected chi connectivity index (χ0v) is 39.3. The molecule has 0 radical (unpaired) electrons. The highest BCUT2D eigenvalue weighted by Crippen LogP contribution is 2.48. The van der Waals surface area contributed by atoms with E-state index in [9.17, 15) is 82.4 Å². The van der Waals surface area contributed by atoms with E-state index < -0.39 is 155 Å². The van der Waals surface area contributed by atoms with Crippen LogP contribution in [0.15, 0.2) is 158 Å². The highest BCUT2D eigenvalue weighted by molar-refractivity contribution is 7.87. The average Bonchev–Trinajstić information content (AvgIpc) is 3.31. The number of carboxylic acids is 1. The molecule has 0 bridgehead atoms. The molecule has 0 aliphatic heterocycles. The van der Waals surface area contributed by atoms with Crippen LogP contribution in [0.25, 0.3) is 21.5 Å². The zero-order chi connectivity index (χ0) is 54.2. The third kappa shape index (κ3) is 11.0. The Morgan fingerprint density at radius 2 is 1.12 bits per heavy atom. The Morgan fingerprint density at radius 1 is 0.568 bits per heavy atom. The molecule has 0 aliphatic carbocycles. The number of anilines is 1. The van der Waals surface area contributed by atoms with Crippen LogP contribution in [0.4, 0.5) is 56.9 Å². The number of aromatic hydroxyl groups is 2. The molecule has 7 rings (SSSR count). The van der Waals surface area contributed by atoms with Gasteiger partial charge in [-0.15, -0.1) is 30.7 Å². The molecule has 0 unspecified atom stereocenters. The molecule has 9 N–H and O–H groups in total. The Balaban J connectivity index is 1.31. The fourth-order valence-corrected chi connectivity index (χ4v) is 9.33. The van der Waals surface area contributed by atoms with Gasteiger partial charge in [0, 0.05) is 34.4 Å². The Bertz CT molecular complexity index is 4170. The molecule has 34 heteroatoms. The summed E-state index contributed by atoms with van der Waals surface area (Å²) in [6.07, 6.45) is 0. The van der Waals surface area contributed by atoms with Crippen LogP contribution in [0.3, 0.4) is 0 Å². The Kier molecular flexibility index (Phi) is 14.1. The van der Waals surface area contributed by atoms with Crippen LogP contribution in [-0.2, 0) is 45.3 Å². The number of fused-ring (bicyclic) bond motifs is 2. The smallest absolute Gasteiger partial charge is 0.338 e. The third-order valence-electron chi connectivity index (χ3n) is 9.96. The molecule has 7 aromatic carbocycles. The number of benzene rings is 7. The van der Waals surface area contributed by atoms with Gasteiger partial charge in [0.1, 0.15) is 48.8 Å². The summed E-state index contributed by atoms with van der Waals surface area (Å²) in [4.78, 5) is 29.5. The Labute approximate surface area is 412 Å². The Hall–Kier alpha value is -9.16. The van der Waals surface area contributed by atoms with E-state index in [0.717, 1.165) is 60.7 Å². The zero-order valence-electron chi connectivity index (χ0n) is 36.0. The molecule has 0 atom stereocenters. The van der Waals surface area contributed by atoms with E-state index in [0.29, 0.717) is 18.2 Å². The van der Waals surface area contributed by atoms with Crippen molar-refractivity contribution in [2.75, 3.05) is 5.73 Å². The number of hydrogen-bond acceptors (Lipinski definition) is 24. The third-order valence-corrected chi connectivity index (χ3v) is 13.5. The predicted octanol–water partition coefficient (Wildman–Crippen LogP) is 8.78. The molecule has 0 fully saturated rings. The molecule has 0 aromatic heterocycles. The first-order valence-electron chi connectivity index (χ1n) is 19.4. The van der Waals surface area contributed by atoms with Crippen LogP contribution in [0.1, 0.15) is 10.4 Å². The second-order valence-corrected chi connectivity index (χ2v) is 20.1. The number of azo groups is 4. The maximum atomic E-state index is 13.0. The van der Waals surface area contributed by atoms with E-state index in [-0.39, 0.29) is 23.5 Å². The second-order valence-electron chi connectivity index (χ2n) is 14.6. The quantitative estimate of drug-likeness (QED) is 0.0112. The predicted molar refractivity (Wildman–Crippen MR) is 251 cm³/mol. The maximum Gasteiger partial charge on any atom is 0.338 e. The molecule has 74 heavy (non-hydrogen) atoms. The number of ether oxygens (including phenoxy) is 1. The highest BCUT2D eigenvalue weighted by Gasteiger charge is 2.29. The van der Waals surface area contributed by atoms with E-state index in [1.54, 1.807) is 0 Å². The van der Waals surface area contributed by atoms with Crippen molar-refractivity contribution in [3.05, 3.63) is 113 Å². The van der Waals surface area contributed by atoms with Gasteiger partial charge in [0.15, 0.2) is 17.2 Å². The largest absolute Gasteiger partial charge is 0.505 e. The van der Waals surface area contributed by atoms with Crippen molar-refractivity contribution < 1.29 is 86.5 Å². The van der Waals surface area contributed by atoms with Crippen molar-refractivity contribution in [1.82, 2.24) is 0 Å². The monoisotopic (exact) mass is 1090 g/mol. The number of nitrogens with two attached hydrogens (primary N) is 1. The van der Waals surface area contributed by atoms with Crippen molar-refractivity contribution in [3.8, 4) is 17.2 Å². The summed E-state index contributed by atoms with van der Waals surface area (Å²) in [5, 5.41) is 71.2. The SMILES string of the molecule is Nc1c(N=Nc2ccc3c(O)c(N=Nc4ccc(N=Nc5ccc(S(=O)(=O)O)cc5)cc4OC=O)c(S(=O)(=O)O)cc3c2S(=O)(=O)O)cc(S(=O)(=O)O)c2ccc(N=Nc3ccc([N+](=O)[O-])cc3C(=O)O)c(O)c12. The van der Waals surface area contributed by atoms with Gasteiger partial charge in [0.2, 0.25) is 0 Å². The number of nitro groups is 1. The summed E-state index contributed by atoms with van der Waals surface area (Å²) >= 11 is 0. The normalized spacial score (nSPS) is 12.7. The lowest BCUT2D eigenvalue weighted by Gasteiger charge is -2.13. The average molecular weight is 1090 g/mol. The molecule has 0 amide bonds. The fourth-order valence-electron chi connectivity index (χ4n) is 6.68. The van der Waals surface area contributed by atoms with Gasteiger partial charge in [-0.2, -0.15) is 43.9 Å². The molecule has 0 aliphatic rings. The van der Waals surface area contributed by atoms with Gasteiger partial charge in [0.25, 0.3) is 52.6 Å². The number of nitro benzene ring substituents is 1. The lowest BCUT2D eigenvalue weighted by atomic mass is 10.1. The number of carbonyl (C=O) groups is 2. The highest BCUT2D eigenvalue weighted by atomic mass is 32.2. The van der Waals surface area contributed by atoms with Gasteiger partial charge in [-0.05, 0) is 72.8 Å². The van der Waals surface area contributed by atoms with Crippen LogP contribution < -0.4 is 10.5 Å². The minimum atomic E-state index is -5.59. The number of rotatable bonds is 16. The lowest BCUT2D eigenvalue weighted by molar-refractivity contribution is -0.384. The van der Waals surface area contributed by atoms with Crippen molar-refractivity contribution in [3.63, 3.8) is 0 Å². The van der Waals surface area contributed by atoms with Crippen LogP contribution in [0.5, 0.6) is 17.2 Å². The van der Waals surface area contributed by atoms with Gasteiger partial charge in [0.05, 0.1) is 37.8 Å². The van der Waals surface area contributed by atoms with Crippen molar-refractivity contribution in [2.24, 2.45) is 40.9 Å². The number of carbonyl (C=O) groups excluding carboxylic acids is 1. The first-order valence-corrected chi connectivity index (χ1v) is 25.2. The molecule has 0 heterocycles. The summed E-state index contributed by atoms with van der Waals surface area (Å²) in [5.41, 5.74) is 0.499. The van der Waals surface area contributed by atoms with E-state index in [4.69, 9.17) is 15.0 Å². The molecule has 0 saturated heterocycles. The van der Waals surface area contributed by atoms with Gasteiger partial charge in [-0.25, -0.2) is 4.79 Å². The molecule has 0 saturated carbocycles. The summed E-state index contributed by atoms with van der Waals surface area (Å²) in [5.74, 6) is -4.20. The van der Waals surface area contributed by atoms with E-state index in [1.807, 2.05) is 0 Å². The first kappa shape index (κ1) is 52.7. The topological polar surface area (TPSA) is 490 Å². The number of phenolic OH excluding ortho intramolecular Hbond substituents is 2. The van der Waals surface area contributed by atoms with Crippen molar-refractivity contribution >= 4 is 131 Å². The summed E-state index contributed by atoms with van der Waals surface area (Å²) in [6.45, 7) is -0.0455. The van der Waals surface area contributed by atoms with Gasteiger partial charge in [-0.1, -0.05) is 6.07 Å². The molecule has 380 valence electrons. The van der Waals surface area contributed by atoms with E-state index in [2.05, 4.69) is 40.9 Å². The number of phenols is 2. The number of hydrogen-bond donors (Lipinski definition) is 8. The van der Waals surface area contributed by atoms with Crippen LogP contribution >= 0.6 is 0 Å². The van der Waals surface area contributed by atoms with Crippen molar-refractivity contribution in [2.45, 2.75) is 19.6 Å². The van der Waals surface area contributed by atoms with Gasteiger partial charge < -0.3 is 25.8 Å². The maximum absolute atomic E-state index is 13.0. The number of aromatic carboxylic acids is 1. The summed E-state index contributed by atoms with van der Waals surface area (Å²) in [7, 11) is -20.9. The molecular weight excluding hydrogens is 1070 g/mol. The molecule has 30 nitrogen and oxygen atoms in total. The van der Waals surface area contributed by atoms with Gasteiger partial charge >= 0.3 is 5.97 Å². The second kappa shape index (κ2) is 19.8. The fraction of sp³-hybridized carbons (Fsp3) is 0. The molecule has 0 spiro atoms. The number of nitrogen functional groups attached to an aromatic ring is 1. The lowest BCUT2D eigenvalue weighted by Crippen LogP contribution is -2.03. The first-order chi connectivity index (χ1) is 34.6. The number of carboxylic acid groups (broad SMARTS) is 1. The van der Waals surface area contributed by atoms with Crippen LogP contribution in [-0.4, -0.2) is 84.6 Å². The minimum Gasteiger partial charge on any atom is -0.505 e. The summed E-state index contributed by atoms with van der Waals surface area (Å²) < 4.78 is 144. The standard InChI is InChI=1S/C40H26N10O20S4/c41-35-30(16-32(72(61,62)63)23-8-11-28(38(53)34(23)35)46-44-26-10-4-20(50(56)57)14-25(26)40(54)55)48-47-29-12-7-22-24(39(29)74(67,68)69)15-33(73(64,65)66)36(37(22)52)49-45-27-9-3-19(13-31(27)70-17-51)43-42-18-1-5-21(6-2-18)71(58,59)60/h1-17,52-53H,41H2,(H,54,55)(H,58,59,60)(H,61,62,63)(H,64,65,66)(H,67,68,69). The number of non-ortho nitro benzene ring substituents is 1. The van der Waals surface area contributed by atoms with E-state index in [1.165, 1.54) is 18.2 Å². The molecule has 7 aromatic rings. The summed E-state index contributed by atoms with van der Waals surface area (Å²) in [6, 6.07) is 15.2. The molecular formula is C40H26N10O20S4. The minimum absolute atomic E-state index is 0.00740. The number of nitrogens with zero attached hydrogens (tertiary/aromatic N) is 9. The Morgan fingerprint density at radius 3 is 1.73 bits per heavy atom. The van der Waals surface area contributed by atoms with Gasteiger partial charge in [-0.3, -0.25) is 33.1 Å².